The molecule has 1 aliphatic carbocycles. The van der Waals surface area contributed by atoms with Gasteiger partial charge in [0.1, 0.15) is 0 Å². The van der Waals surface area contributed by atoms with Gasteiger partial charge in [-0.3, -0.25) is 4.79 Å². The SMILES string of the molecule is O=C1C[C@@H]2CCCC[C@@]23c2cc4c(cc2[C@H](Sc2ccccc2)CN13)OCO4. The van der Waals surface area contributed by atoms with E-state index in [4.69, 9.17) is 9.47 Å². The summed E-state index contributed by atoms with van der Waals surface area (Å²) < 4.78 is 11.5. The van der Waals surface area contributed by atoms with Crippen LogP contribution in [0.15, 0.2) is 47.4 Å². The summed E-state index contributed by atoms with van der Waals surface area (Å²) in [6.07, 6.45) is 5.32. The number of hydrogen-bond donors (Lipinski definition) is 0. The van der Waals surface area contributed by atoms with E-state index >= 15 is 0 Å². The zero-order valence-corrected chi connectivity index (χ0v) is 16.5. The molecule has 1 spiro atoms. The van der Waals surface area contributed by atoms with Gasteiger partial charge in [-0.25, -0.2) is 0 Å². The standard InChI is InChI=1S/C23H23NO3S/c25-22-10-15-6-4-5-9-23(15)18-12-20-19(26-14-27-20)11-17(18)21(13-24(22)23)28-16-7-2-1-3-8-16/h1-3,7-8,11-12,15,21H,4-6,9-10,13-14H2/t15-,21+,23-/m0/s1. The van der Waals surface area contributed by atoms with Gasteiger partial charge in [0.25, 0.3) is 0 Å². The lowest BCUT2D eigenvalue weighted by atomic mass is 9.66. The first-order chi connectivity index (χ1) is 13.8. The Morgan fingerprint density at radius 3 is 2.75 bits per heavy atom. The summed E-state index contributed by atoms with van der Waals surface area (Å²) in [5.41, 5.74) is 2.50. The number of ether oxygens (including phenoxy) is 2. The molecule has 2 aromatic carbocycles. The predicted octanol–water partition coefficient (Wildman–Crippen LogP) is 4.88. The molecule has 144 valence electrons. The van der Waals surface area contributed by atoms with Crippen LogP contribution in [0.5, 0.6) is 11.5 Å². The molecule has 5 heteroatoms. The maximum Gasteiger partial charge on any atom is 0.231 e. The number of carbonyl (C=O) groups is 1. The molecule has 1 saturated heterocycles. The van der Waals surface area contributed by atoms with Crippen LogP contribution in [0.3, 0.4) is 0 Å². The minimum Gasteiger partial charge on any atom is -0.454 e. The fraction of sp³-hybridized carbons (Fsp3) is 0.435. The van der Waals surface area contributed by atoms with Gasteiger partial charge in [-0.15, -0.1) is 11.8 Å². The average Bonchev–Trinajstić information content (AvgIpc) is 3.29. The number of fused-ring (bicyclic) bond motifs is 2. The highest BCUT2D eigenvalue weighted by molar-refractivity contribution is 7.99. The van der Waals surface area contributed by atoms with E-state index in [1.54, 1.807) is 0 Å². The lowest BCUT2D eigenvalue weighted by Crippen LogP contribution is -2.52. The molecule has 0 N–H and O–H groups in total. The van der Waals surface area contributed by atoms with Crippen molar-refractivity contribution < 1.29 is 14.3 Å². The molecule has 0 bridgehead atoms. The highest BCUT2D eigenvalue weighted by Gasteiger charge is 2.58. The summed E-state index contributed by atoms with van der Waals surface area (Å²) in [7, 11) is 0. The number of amides is 1. The predicted molar refractivity (Wildman–Crippen MR) is 108 cm³/mol. The molecule has 3 aliphatic heterocycles. The largest absolute Gasteiger partial charge is 0.454 e. The van der Waals surface area contributed by atoms with E-state index in [-0.39, 0.29) is 17.6 Å². The highest BCUT2D eigenvalue weighted by Crippen LogP contribution is 2.60. The summed E-state index contributed by atoms with van der Waals surface area (Å²) in [6.45, 7) is 1.06. The molecule has 3 atom stereocenters. The second-order valence-electron chi connectivity index (χ2n) is 8.29. The van der Waals surface area contributed by atoms with Gasteiger partial charge in [0.05, 0.1) is 10.8 Å². The van der Waals surface area contributed by atoms with Crippen molar-refractivity contribution in [3.8, 4) is 11.5 Å². The van der Waals surface area contributed by atoms with Crippen molar-refractivity contribution >= 4 is 17.7 Å². The fourth-order valence-electron chi connectivity index (χ4n) is 5.79. The van der Waals surface area contributed by atoms with Crippen LogP contribution in [0.25, 0.3) is 0 Å². The molecular formula is C23H23NO3S. The van der Waals surface area contributed by atoms with Gasteiger partial charge in [-0.05, 0) is 54.2 Å². The Labute approximate surface area is 169 Å². The van der Waals surface area contributed by atoms with Gasteiger partial charge in [-0.2, -0.15) is 0 Å². The number of benzene rings is 2. The summed E-state index contributed by atoms with van der Waals surface area (Å²) in [4.78, 5) is 16.5. The van der Waals surface area contributed by atoms with Crippen molar-refractivity contribution in [3.63, 3.8) is 0 Å². The number of rotatable bonds is 2. The smallest absolute Gasteiger partial charge is 0.231 e. The minimum absolute atomic E-state index is 0.139. The number of thioether (sulfide) groups is 1. The minimum atomic E-state index is -0.139. The fourth-order valence-corrected chi connectivity index (χ4v) is 6.98. The third-order valence-electron chi connectivity index (χ3n) is 6.97. The molecule has 3 heterocycles. The van der Waals surface area contributed by atoms with Crippen molar-refractivity contribution in [2.45, 2.75) is 47.8 Å². The summed E-state index contributed by atoms with van der Waals surface area (Å²) in [6, 6.07) is 14.9. The molecule has 28 heavy (non-hydrogen) atoms. The van der Waals surface area contributed by atoms with E-state index in [1.807, 2.05) is 17.8 Å². The van der Waals surface area contributed by atoms with Crippen molar-refractivity contribution in [2.75, 3.05) is 13.3 Å². The van der Waals surface area contributed by atoms with Crippen molar-refractivity contribution in [1.82, 2.24) is 4.90 Å². The lowest BCUT2D eigenvalue weighted by Gasteiger charge is -2.51. The maximum absolute atomic E-state index is 13.1. The Morgan fingerprint density at radius 2 is 1.89 bits per heavy atom. The van der Waals surface area contributed by atoms with Crippen LogP contribution in [0.2, 0.25) is 0 Å². The Kier molecular flexibility index (Phi) is 3.70. The van der Waals surface area contributed by atoms with Crippen LogP contribution < -0.4 is 9.47 Å². The first kappa shape index (κ1) is 16.8. The molecule has 2 aromatic rings. The number of nitrogens with zero attached hydrogens (tertiary/aromatic N) is 1. The second-order valence-corrected chi connectivity index (χ2v) is 9.56. The third-order valence-corrected chi connectivity index (χ3v) is 8.20. The first-order valence-electron chi connectivity index (χ1n) is 10.2. The van der Waals surface area contributed by atoms with Gasteiger partial charge < -0.3 is 14.4 Å². The molecule has 2 fully saturated rings. The zero-order chi connectivity index (χ0) is 18.7. The summed E-state index contributed by atoms with van der Waals surface area (Å²) >= 11 is 1.85. The second kappa shape index (κ2) is 6.18. The molecular weight excluding hydrogens is 370 g/mol. The number of hydrogen-bond acceptors (Lipinski definition) is 4. The van der Waals surface area contributed by atoms with Crippen LogP contribution in [0.1, 0.15) is 48.5 Å². The zero-order valence-electron chi connectivity index (χ0n) is 15.7. The van der Waals surface area contributed by atoms with Gasteiger partial charge in [0, 0.05) is 17.9 Å². The quantitative estimate of drug-likeness (QED) is 0.729. The molecule has 0 aromatic heterocycles. The van der Waals surface area contributed by atoms with Crippen molar-refractivity contribution in [3.05, 3.63) is 53.6 Å². The first-order valence-corrected chi connectivity index (χ1v) is 11.1. The van der Waals surface area contributed by atoms with E-state index in [0.717, 1.165) is 30.9 Å². The van der Waals surface area contributed by atoms with Crippen LogP contribution in [0.4, 0.5) is 0 Å². The molecule has 1 amide bonds. The third kappa shape index (κ3) is 2.29. The van der Waals surface area contributed by atoms with E-state index < -0.39 is 0 Å². The molecule has 4 nitrogen and oxygen atoms in total. The van der Waals surface area contributed by atoms with Gasteiger partial charge in [-0.1, -0.05) is 31.0 Å². The summed E-state index contributed by atoms with van der Waals surface area (Å²) in [5.74, 6) is 2.44. The van der Waals surface area contributed by atoms with Gasteiger partial charge >= 0.3 is 0 Å². The highest BCUT2D eigenvalue weighted by atomic mass is 32.2. The molecule has 0 radical (unpaired) electrons. The molecule has 6 rings (SSSR count). The van der Waals surface area contributed by atoms with Crippen LogP contribution >= 0.6 is 11.8 Å². The molecule has 4 aliphatic rings. The van der Waals surface area contributed by atoms with E-state index in [2.05, 4.69) is 41.3 Å². The van der Waals surface area contributed by atoms with E-state index in [1.165, 1.54) is 28.9 Å². The molecule has 1 saturated carbocycles. The summed E-state index contributed by atoms with van der Waals surface area (Å²) in [5, 5.41) is 0.210. The topological polar surface area (TPSA) is 38.8 Å². The van der Waals surface area contributed by atoms with Gasteiger partial charge in [0.2, 0.25) is 12.7 Å². The van der Waals surface area contributed by atoms with Crippen molar-refractivity contribution in [1.29, 1.82) is 0 Å². The van der Waals surface area contributed by atoms with Gasteiger partial charge in [0.15, 0.2) is 11.5 Å². The van der Waals surface area contributed by atoms with Crippen molar-refractivity contribution in [2.24, 2.45) is 5.92 Å². The molecule has 0 unspecified atom stereocenters. The Hall–Kier alpha value is -2.14. The number of carbonyl (C=O) groups excluding carboxylic acids is 1. The Morgan fingerprint density at radius 1 is 1.07 bits per heavy atom. The monoisotopic (exact) mass is 393 g/mol. The Bertz CT molecular complexity index is 946. The van der Waals surface area contributed by atoms with Crippen LogP contribution in [-0.2, 0) is 10.3 Å². The van der Waals surface area contributed by atoms with Crippen LogP contribution in [-0.4, -0.2) is 24.1 Å². The lowest BCUT2D eigenvalue weighted by molar-refractivity contribution is -0.132. The van der Waals surface area contributed by atoms with E-state index in [0.29, 0.717) is 18.2 Å². The van der Waals surface area contributed by atoms with E-state index in [9.17, 15) is 4.79 Å². The van der Waals surface area contributed by atoms with Crippen LogP contribution in [0, 0.1) is 5.92 Å². The maximum atomic E-state index is 13.1. The normalized spacial score (nSPS) is 30.0. The average molecular weight is 394 g/mol. The Balaban J connectivity index is 1.52.